The normalized spacial score (nSPS) is 21.4. The molecule has 0 saturated carbocycles. The summed E-state index contributed by atoms with van der Waals surface area (Å²) >= 11 is 0. The zero-order valence-corrected chi connectivity index (χ0v) is 12.8. The Morgan fingerprint density at radius 1 is 1.41 bits per heavy atom. The van der Waals surface area contributed by atoms with Crippen LogP contribution in [0.4, 0.5) is 0 Å². The smallest absolute Gasteiger partial charge is 0.303 e. The molecule has 22 heavy (non-hydrogen) atoms. The van der Waals surface area contributed by atoms with Gasteiger partial charge in [0.1, 0.15) is 12.6 Å². The van der Waals surface area contributed by atoms with Gasteiger partial charge in [-0.25, -0.2) is 4.57 Å². The molecule has 2 atom stereocenters. The summed E-state index contributed by atoms with van der Waals surface area (Å²) in [6, 6.07) is 3.82. The van der Waals surface area contributed by atoms with Gasteiger partial charge in [0.2, 0.25) is 0 Å². The predicted molar refractivity (Wildman–Crippen MR) is 78.9 cm³/mol. The van der Waals surface area contributed by atoms with Gasteiger partial charge in [0, 0.05) is 37.9 Å². The van der Waals surface area contributed by atoms with E-state index >= 15 is 0 Å². The molecule has 0 aromatic carbocycles. The van der Waals surface area contributed by atoms with Crippen molar-refractivity contribution in [3.63, 3.8) is 0 Å². The minimum atomic E-state index is -0.903. The third kappa shape index (κ3) is 4.04. The Balaban J connectivity index is 1.90. The van der Waals surface area contributed by atoms with Crippen LogP contribution in [-0.4, -0.2) is 40.1 Å². The predicted octanol–water partition coefficient (Wildman–Crippen LogP) is 0.883. The summed E-state index contributed by atoms with van der Waals surface area (Å²) in [6.07, 6.45) is 6.21. The van der Waals surface area contributed by atoms with Crippen molar-refractivity contribution in [1.82, 2.24) is 4.90 Å². The second kappa shape index (κ2) is 7.35. The molecule has 6 nitrogen and oxygen atoms in total. The van der Waals surface area contributed by atoms with Gasteiger partial charge < -0.3 is 15.1 Å². The second-order valence-electron chi connectivity index (χ2n) is 5.80. The fourth-order valence-corrected chi connectivity index (χ4v) is 2.84. The van der Waals surface area contributed by atoms with Crippen LogP contribution < -0.4 is 4.57 Å². The molecule has 1 aliphatic rings. The van der Waals surface area contributed by atoms with Crippen molar-refractivity contribution < 1.29 is 24.4 Å². The Morgan fingerprint density at radius 3 is 2.82 bits per heavy atom. The van der Waals surface area contributed by atoms with E-state index in [0.717, 1.165) is 24.9 Å². The lowest BCUT2D eigenvalue weighted by Gasteiger charge is -2.18. The molecule has 0 bridgehead atoms. The minimum Gasteiger partial charge on any atom is -0.481 e. The van der Waals surface area contributed by atoms with Gasteiger partial charge in [0.25, 0.3) is 5.91 Å². The lowest BCUT2D eigenvalue weighted by atomic mass is 10.1. The summed E-state index contributed by atoms with van der Waals surface area (Å²) in [5, 5.41) is 18.3. The quantitative estimate of drug-likeness (QED) is 0.579. The fourth-order valence-electron chi connectivity index (χ4n) is 2.84. The van der Waals surface area contributed by atoms with E-state index < -0.39 is 12.1 Å². The van der Waals surface area contributed by atoms with Gasteiger partial charge >= 0.3 is 5.97 Å². The van der Waals surface area contributed by atoms with Crippen molar-refractivity contribution in [1.29, 1.82) is 0 Å². The van der Waals surface area contributed by atoms with Gasteiger partial charge in [-0.05, 0) is 18.9 Å². The number of aliphatic hydroxyl groups excluding tert-OH is 1. The summed E-state index contributed by atoms with van der Waals surface area (Å²) < 4.78 is 2.05. The summed E-state index contributed by atoms with van der Waals surface area (Å²) in [5.74, 6) is -0.976. The number of rotatable bonds is 7. The maximum absolute atomic E-state index is 11.7. The van der Waals surface area contributed by atoms with Crippen LogP contribution in [0, 0.1) is 0 Å². The molecule has 2 unspecified atom stereocenters. The number of aromatic nitrogens is 1. The number of likely N-dealkylation sites (N-methyl/N-ethyl adjacent to an activating group) is 1. The maximum atomic E-state index is 11.7. The first-order valence-corrected chi connectivity index (χ1v) is 7.64. The Kier molecular flexibility index (Phi) is 5.49. The Morgan fingerprint density at radius 2 is 2.18 bits per heavy atom. The van der Waals surface area contributed by atoms with Gasteiger partial charge in [-0.3, -0.25) is 9.59 Å². The van der Waals surface area contributed by atoms with Crippen molar-refractivity contribution in [2.45, 2.75) is 50.8 Å². The number of unbranched alkanes of at least 4 members (excludes halogenated alkanes) is 2. The molecule has 2 rings (SSSR count). The van der Waals surface area contributed by atoms with E-state index in [4.69, 9.17) is 5.11 Å². The molecule has 1 fully saturated rings. The molecular formula is C16H23N2O4+. The molecule has 0 aliphatic carbocycles. The van der Waals surface area contributed by atoms with Crippen LogP contribution in [0.15, 0.2) is 24.5 Å². The van der Waals surface area contributed by atoms with E-state index in [2.05, 4.69) is 4.57 Å². The van der Waals surface area contributed by atoms with E-state index in [0.29, 0.717) is 12.8 Å². The van der Waals surface area contributed by atoms with E-state index in [1.807, 2.05) is 24.5 Å². The molecule has 2 heterocycles. The molecule has 1 saturated heterocycles. The highest BCUT2D eigenvalue weighted by Crippen LogP contribution is 2.30. The summed E-state index contributed by atoms with van der Waals surface area (Å²) in [4.78, 5) is 23.7. The zero-order chi connectivity index (χ0) is 16.1. The first kappa shape index (κ1) is 16.4. The van der Waals surface area contributed by atoms with Gasteiger partial charge in [-0.15, -0.1) is 0 Å². The van der Waals surface area contributed by atoms with Gasteiger partial charge in [0.05, 0.1) is 6.04 Å². The van der Waals surface area contributed by atoms with E-state index in [-0.39, 0.29) is 18.4 Å². The van der Waals surface area contributed by atoms with Gasteiger partial charge in [-0.1, -0.05) is 0 Å². The van der Waals surface area contributed by atoms with Crippen LogP contribution >= 0.6 is 0 Å². The van der Waals surface area contributed by atoms with E-state index in [9.17, 15) is 14.7 Å². The molecule has 2 N–H and O–H groups in total. The molecule has 1 aliphatic heterocycles. The molecule has 120 valence electrons. The lowest BCUT2D eigenvalue weighted by molar-refractivity contribution is -0.697. The summed E-state index contributed by atoms with van der Waals surface area (Å²) in [5.41, 5.74) is 1.01. The number of pyridine rings is 1. The number of carboxylic acid groups (broad SMARTS) is 1. The number of aryl methyl sites for hydroxylation is 1. The second-order valence-corrected chi connectivity index (χ2v) is 5.80. The monoisotopic (exact) mass is 307 g/mol. The van der Waals surface area contributed by atoms with Crippen molar-refractivity contribution in [2.24, 2.45) is 0 Å². The lowest BCUT2D eigenvalue weighted by Crippen LogP contribution is -2.34. The third-order valence-corrected chi connectivity index (χ3v) is 4.12. The van der Waals surface area contributed by atoms with Crippen molar-refractivity contribution in [3.05, 3.63) is 30.1 Å². The number of hydrogen-bond donors (Lipinski definition) is 2. The van der Waals surface area contributed by atoms with Gasteiger partial charge in [-0.2, -0.15) is 0 Å². The van der Waals surface area contributed by atoms with Crippen LogP contribution in [0.1, 0.15) is 43.7 Å². The molecule has 1 aromatic rings. The zero-order valence-electron chi connectivity index (χ0n) is 12.8. The van der Waals surface area contributed by atoms with E-state index in [1.165, 1.54) is 0 Å². The largest absolute Gasteiger partial charge is 0.481 e. The van der Waals surface area contributed by atoms with Crippen molar-refractivity contribution in [3.8, 4) is 0 Å². The first-order valence-electron chi connectivity index (χ1n) is 7.64. The SMILES string of the molecule is CN1C(=O)C(O)CC1c1ccc[n+](CCCCCC(=O)O)c1. The highest BCUT2D eigenvalue weighted by atomic mass is 16.4. The third-order valence-electron chi connectivity index (χ3n) is 4.12. The highest BCUT2D eigenvalue weighted by molar-refractivity contribution is 5.83. The number of nitrogens with zero attached hydrogens (tertiary/aromatic N) is 2. The molecule has 6 heteroatoms. The molecule has 0 radical (unpaired) electrons. The number of aliphatic hydroxyl groups is 1. The Bertz CT molecular complexity index is 547. The van der Waals surface area contributed by atoms with Crippen LogP contribution in [0.25, 0.3) is 0 Å². The standard InChI is InChI=1S/C16H22N2O4/c1-17-13(10-14(19)16(17)22)12-6-5-9-18(11-12)8-4-2-3-7-15(20)21/h5-6,9,11,13-14,19H,2-4,7-8,10H2,1H3/p+1. The number of aliphatic carboxylic acids is 1. The topological polar surface area (TPSA) is 81.7 Å². The highest BCUT2D eigenvalue weighted by Gasteiger charge is 2.37. The average molecular weight is 307 g/mol. The van der Waals surface area contributed by atoms with Crippen molar-refractivity contribution in [2.75, 3.05) is 7.05 Å². The molecular weight excluding hydrogens is 284 g/mol. The number of carboxylic acids is 1. The van der Waals surface area contributed by atoms with Crippen LogP contribution in [0.3, 0.4) is 0 Å². The fraction of sp³-hybridized carbons (Fsp3) is 0.562. The average Bonchev–Trinajstić information content (AvgIpc) is 2.74. The van der Waals surface area contributed by atoms with Crippen LogP contribution in [-0.2, 0) is 16.1 Å². The molecule has 1 amide bonds. The summed E-state index contributed by atoms with van der Waals surface area (Å²) in [6.45, 7) is 0.820. The number of amides is 1. The number of likely N-dealkylation sites (tertiary alicyclic amines) is 1. The number of carbonyl (C=O) groups excluding carboxylic acids is 1. The van der Waals surface area contributed by atoms with Crippen molar-refractivity contribution >= 4 is 11.9 Å². The summed E-state index contributed by atoms with van der Waals surface area (Å²) in [7, 11) is 1.71. The minimum absolute atomic E-state index is 0.0815. The first-order chi connectivity index (χ1) is 10.5. The maximum Gasteiger partial charge on any atom is 0.303 e. The van der Waals surface area contributed by atoms with E-state index in [1.54, 1.807) is 11.9 Å². The number of carbonyl (C=O) groups is 2. The molecule has 1 aromatic heterocycles. The Labute approximate surface area is 130 Å². The van der Waals surface area contributed by atoms with Crippen LogP contribution in [0.2, 0.25) is 0 Å². The van der Waals surface area contributed by atoms with Gasteiger partial charge in [0.15, 0.2) is 12.4 Å². The van der Waals surface area contributed by atoms with Crippen LogP contribution in [0.5, 0.6) is 0 Å². The molecule has 0 spiro atoms. The number of hydrogen-bond acceptors (Lipinski definition) is 3. The Hall–Kier alpha value is -1.95.